The van der Waals surface area contributed by atoms with Crippen LogP contribution in [0.4, 0.5) is 22.1 Å². The second-order valence-electron chi connectivity index (χ2n) is 30.6. The van der Waals surface area contributed by atoms with E-state index in [4.69, 9.17) is 48.4 Å². The van der Waals surface area contributed by atoms with Crippen molar-refractivity contribution < 1.29 is 80.3 Å². The number of carbonyl (C=O) groups excluding carboxylic acids is 10. The highest BCUT2D eigenvalue weighted by Gasteiger charge is 2.46. The number of alkyl halides is 2. The summed E-state index contributed by atoms with van der Waals surface area (Å²) < 4.78 is 42.6. The Morgan fingerprint density at radius 1 is 0.718 bits per heavy atom. The minimum atomic E-state index is -4.50. The number of nitrogens with zero attached hydrogens (tertiary/aromatic N) is 6. The van der Waals surface area contributed by atoms with E-state index >= 15 is 0 Å². The fraction of sp³-hybridized carbons (Fsp3) is 0.458. The van der Waals surface area contributed by atoms with Gasteiger partial charge < -0.3 is 77.7 Å². The number of nitrogens with one attached hydrogen (secondary N) is 11. The fourth-order valence-electron chi connectivity index (χ4n) is 15.2. The lowest BCUT2D eigenvalue weighted by atomic mass is 9.83. The minimum Gasteiger partial charge on any atom is -0.480 e. The van der Waals surface area contributed by atoms with Gasteiger partial charge in [0.1, 0.15) is 30.7 Å². The SMILES string of the molecule is CC[C@H]1c2cc3[nH]c4c(c3C)C(=O)C(C(=O)OC)c4c3nc(cc4[nH]c(cc(n2)[C@@H]1C)c(C(C)=O)c4C)[C@@H](C)[C@@H]3CCC(=O)NC(Cc1ccc(N(CCCl)CCCl)cc1)C(=O)NCCC(C)NC(=O)OCCSSC[C@H](NC(=O)[C@H](CC(=O)NCCS(=O)(=O)O)NC(=O)CC[C@@H](C)NC(=O)c1ccc(NCc2cnc3nc(N)[nH]c(=O)c3n2)cc1)C(=O)O. The van der Waals surface area contributed by atoms with Gasteiger partial charge in [-0.25, -0.2) is 19.6 Å². The third-order valence-corrected chi connectivity index (χ3v) is 25.2. The summed E-state index contributed by atoms with van der Waals surface area (Å²) in [5, 5.41) is 31.7. The van der Waals surface area contributed by atoms with E-state index in [1.807, 2.05) is 68.1 Å². The summed E-state index contributed by atoms with van der Waals surface area (Å²) in [7, 11) is -1.19. The van der Waals surface area contributed by atoms with Crippen LogP contribution >= 0.6 is 44.8 Å². The molecule has 15 N–H and O–H groups in total. The Kier molecular flexibility index (Phi) is 33.2. The Morgan fingerprint density at radius 2 is 1.38 bits per heavy atom. The number of ketones is 2. The van der Waals surface area contributed by atoms with Crippen molar-refractivity contribution in [2.75, 3.05) is 84.9 Å². The molecule has 5 aromatic heterocycles. The van der Waals surface area contributed by atoms with Gasteiger partial charge >= 0.3 is 18.0 Å². The van der Waals surface area contributed by atoms with Gasteiger partial charge in [0.15, 0.2) is 22.7 Å². The highest BCUT2D eigenvalue weighted by atomic mass is 35.5. The smallest absolute Gasteiger partial charge is 0.407 e. The monoisotopic (exact) mass is 1800 g/mol. The number of carboxylic acid groups (broad SMARTS) is 1. The van der Waals surface area contributed by atoms with Crippen molar-refractivity contribution in [1.29, 1.82) is 0 Å². The number of aromatic nitrogens is 8. The number of alkyl carbamates (subject to hydrolysis) is 1. The van der Waals surface area contributed by atoms with Gasteiger partial charge in [-0.3, -0.25) is 67.5 Å². The molecule has 7 aromatic rings. The first-order valence-electron chi connectivity index (χ1n) is 40.4. The molecule has 1 aliphatic carbocycles. The molecule has 0 saturated carbocycles. The number of esters is 1. The van der Waals surface area contributed by atoms with Gasteiger partial charge in [0, 0.05) is 166 Å². The molecule has 0 spiro atoms. The average Bonchev–Trinajstić information content (AvgIpc) is 1.56. The van der Waals surface area contributed by atoms with Crippen molar-refractivity contribution >= 4 is 171 Å². The second kappa shape index (κ2) is 43.4. The number of carboxylic acids is 1. The molecule has 2 aliphatic heterocycles. The molecule has 664 valence electrons. The number of Topliss-reactive ketones (excluding diaryl/α,β-unsaturated/α-hetero) is 2. The summed E-state index contributed by atoms with van der Waals surface area (Å²) in [6, 6.07) is 14.0. The number of benzene rings is 2. The summed E-state index contributed by atoms with van der Waals surface area (Å²) in [4.78, 5) is 197. The summed E-state index contributed by atoms with van der Waals surface area (Å²) in [5.41, 5.74) is 15.2. The van der Waals surface area contributed by atoms with Crippen LogP contribution in [0, 0.1) is 13.8 Å². The third kappa shape index (κ3) is 24.6. The van der Waals surface area contributed by atoms with E-state index in [1.54, 1.807) is 38.1 Å². The van der Waals surface area contributed by atoms with Crippen LogP contribution in [-0.4, -0.2) is 222 Å². The van der Waals surface area contributed by atoms with E-state index in [0.717, 1.165) is 45.1 Å². The number of hydrogen-bond acceptors (Lipinski definition) is 26. The molecule has 7 amide bonds. The molecule has 36 nitrogen and oxygen atoms in total. The van der Waals surface area contributed by atoms with Crippen molar-refractivity contribution in [2.45, 2.75) is 173 Å². The molecule has 3 unspecified atom stereocenters. The number of aliphatic carboxylic acids is 1. The van der Waals surface area contributed by atoms with Crippen molar-refractivity contribution in [3.63, 3.8) is 0 Å². The van der Waals surface area contributed by atoms with Crippen molar-refractivity contribution in [1.82, 2.24) is 77.1 Å². The van der Waals surface area contributed by atoms with E-state index in [9.17, 15) is 75.6 Å². The summed E-state index contributed by atoms with van der Waals surface area (Å²) in [6.07, 6.45) is 0.580. The van der Waals surface area contributed by atoms with Crippen LogP contribution in [0.15, 0.2) is 77.7 Å². The van der Waals surface area contributed by atoms with Gasteiger partial charge in [0.05, 0.1) is 54.4 Å². The first-order chi connectivity index (χ1) is 59.1. The normalized spacial score (nSPS) is 16.5. The number of anilines is 3. The average molecular weight is 1810 g/mol. The van der Waals surface area contributed by atoms with Gasteiger partial charge in [0.2, 0.25) is 35.5 Å². The quantitative estimate of drug-likeness (QED) is 0.00329. The van der Waals surface area contributed by atoms with E-state index in [0.29, 0.717) is 103 Å². The van der Waals surface area contributed by atoms with Crippen LogP contribution < -0.4 is 58.7 Å². The number of halogens is 2. The zero-order chi connectivity index (χ0) is 90.0. The van der Waals surface area contributed by atoms with E-state index in [-0.39, 0.29) is 110 Å². The van der Waals surface area contributed by atoms with Crippen LogP contribution in [0.25, 0.3) is 33.2 Å². The molecule has 10 atom stereocenters. The molecule has 124 heavy (non-hydrogen) atoms. The number of H-pyrrole nitrogens is 3. The lowest BCUT2D eigenvalue weighted by Gasteiger charge is -2.24. The maximum Gasteiger partial charge on any atom is 0.407 e. The Bertz CT molecular complexity index is 5540. The predicted octanol–water partition coefficient (Wildman–Crippen LogP) is 7.83. The number of aromatic amines is 3. The Labute approximate surface area is 732 Å². The molecule has 0 radical (unpaired) electrons. The van der Waals surface area contributed by atoms with Gasteiger partial charge in [0.25, 0.3) is 21.6 Å². The zero-order valence-corrected chi connectivity index (χ0v) is 73.8. The summed E-state index contributed by atoms with van der Waals surface area (Å²) in [5.74, 6) is -10.00. The van der Waals surface area contributed by atoms with E-state index < -0.39 is 142 Å². The highest BCUT2D eigenvalue weighted by Crippen LogP contribution is 2.49. The molecule has 0 fully saturated rings. The van der Waals surface area contributed by atoms with Crippen molar-refractivity contribution in [3.8, 4) is 0 Å². The number of nitrogen functional groups attached to an aromatic ring is 1. The largest absolute Gasteiger partial charge is 0.480 e. The standard InChI is InChI=1S/C83H102Cl2N18O18S3/c1-10-53-43(4)55-36-60-67(47(8)104)45(6)57(95-60)34-56-44(5)54(71(98-56)69-70(81(115)120-9)74(108)68-46(7)58(99-72(68)69)35-59(53)94-55)20-22-65(106)96-61(33-48-12-18-52(19-13-48)103(28-24-84)29-25-85)77(110)88-26-23-42(3)92-83(116)121-30-31-122-123-40-63(80(113)114)100-78(111)62(37-66(107)87-27-32-124(117,118)119)97-64(105)21-11-41(2)91-76(109)49-14-16-50(17-15-49)89-38-51-39-90-75-73(93-51)79(112)102-82(86)101-75/h12-19,34-36,39,41-44,53-54,61-63,70,89,95,99H,10-11,20-33,37-38,40H2,1-9H3,(H,87,107)(H,88,110)(H,91,109)(H,92,116)(H,96,106)(H,97,105)(H,100,111)(H,113,114)(H,117,118,119)(H3,86,90,101,102,112)/t41-,42?,43-,44+,53-,54+,61?,62+,63+,70?/m1/s1. The van der Waals surface area contributed by atoms with Gasteiger partial charge in [-0.1, -0.05) is 54.5 Å². The fourth-order valence-corrected chi connectivity index (χ4v) is 17.9. The van der Waals surface area contributed by atoms with Gasteiger partial charge in [-0.15, -0.1) is 23.2 Å². The predicted molar refractivity (Wildman–Crippen MR) is 471 cm³/mol. The van der Waals surface area contributed by atoms with Gasteiger partial charge in [-0.2, -0.15) is 13.4 Å². The van der Waals surface area contributed by atoms with Crippen LogP contribution in [0.2, 0.25) is 0 Å². The third-order valence-electron chi connectivity index (χ3n) is 21.8. The van der Waals surface area contributed by atoms with E-state index in [2.05, 4.69) is 86.3 Å². The summed E-state index contributed by atoms with van der Waals surface area (Å²) in [6.45, 7) is 15.2. The highest BCUT2D eigenvalue weighted by molar-refractivity contribution is 8.76. The first kappa shape index (κ1) is 95.0. The topological polar surface area (TPSA) is 535 Å². The number of fused-ring (bicyclic) bond motifs is 9. The van der Waals surface area contributed by atoms with Gasteiger partial charge in [-0.05, 0) is 132 Å². The number of aryl methyl sites for hydroxylation is 2. The van der Waals surface area contributed by atoms with Crippen molar-refractivity contribution in [3.05, 3.63) is 151 Å². The molecule has 2 aromatic carbocycles. The number of carbonyl (C=O) groups is 11. The Hall–Kier alpha value is -11.3. The maximum atomic E-state index is 14.8. The number of hydrogen-bond donors (Lipinski definition) is 14. The lowest BCUT2D eigenvalue weighted by molar-refractivity contribution is -0.142. The zero-order valence-electron chi connectivity index (χ0n) is 69.8. The molecule has 8 bridgehead atoms. The Balaban J connectivity index is 0.728. The summed E-state index contributed by atoms with van der Waals surface area (Å²) >= 11 is 12.3. The molecular formula is C83H102Cl2N18O18S3. The lowest BCUT2D eigenvalue weighted by Crippen LogP contribution is -2.53. The van der Waals surface area contributed by atoms with E-state index in [1.165, 1.54) is 20.2 Å². The molecule has 7 heterocycles. The van der Waals surface area contributed by atoms with Crippen molar-refractivity contribution in [2.24, 2.45) is 0 Å². The van der Waals surface area contributed by atoms with Crippen LogP contribution in [0.5, 0.6) is 0 Å². The van der Waals surface area contributed by atoms with Crippen LogP contribution in [0.3, 0.4) is 0 Å². The number of nitrogens with two attached hydrogens (primary N) is 1. The molecule has 0 saturated heterocycles. The second-order valence-corrected chi connectivity index (χ2v) is 35.6. The molecule has 41 heteroatoms. The molecular weight excluding hydrogens is 1700 g/mol. The first-order valence-corrected chi connectivity index (χ1v) is 45.6. The number of methoxy groups -OCH3 is 1. The Morgan fingerprint density at radius 3 is 2.06 bits per heavy atom. The van der Waals surface area contributed by atoms with Crippen LogP contribution in [-0.2, 0) is 66.1 Å². The molecule has 3 aliphatic rings. The number of amides is 7. The van der Waals surface area contributed by atoms with Crippen LogP contribution in [0.1, 0.15) is 198 Å². The minimum absolute atomic E-state index is 0.000586. The molecule has 10 rings (SSSR count). The number of rotatable bonds is 42. The number of ether oxygens (including phenoxy) is 2. The maximum absolute atomic E-state index is 14.8.